The number of nitrogens with one attached hydrogen (secondary N) is 1. The Labute approximate surface area is 121 Å². The molecule has 2 amide bonds. The van der Waals surface area contributed by atoms with Crippen molar-refractivity contribution in [3.05, 3.63) is 0 Å². The van der Waals surface area contributed by atoms with Crippen LogP contribution >= 0.6 is 0 Å². The Kier molecular flexibility index (Phi) is 5.37. The topological polar surface area (TPSA) is 55.9 Å². The highest BCUT2D eigenvalue weighted by molar-refractivity contribution is 6.35. The smallest absolute Gasteiger partial charge is 0.312 e. The molecule has 0 bridgehead atoms. The molecule has 0 saturated carbocycles. The van der Waals surface area contributed by atoms with Crippen LogP contribution in [0.15, 0.2) is 0 Å². The van der Waals surface area contributed by atoms with E-state index in [1.807, 2.05) is 0 Å². The van der Waals surface area contributed by atoms with Crippen LogP contribution in [0.4, 0.5) is 0 Å². The maximum atomic E-state index is 12.3. The summed E-state index contributed by atoms with van der Waals surface area (Å²) in [6.45, 7) is 10.5. The molecule has 0 aliphatic carbocycles. The van der Waals surface area contributed by atoms with Gasteiger partial charge in [0, 0.05) is 45.3 Å². The van der Waals surface area contributed by atoms with Crippen LogP contribution in [-0.4, -0.2) is 84.9 Å². The van der Waals surface area contributed by atoms with Crippen LogP contribution in [0.2, 0.25) is 0 Å². The highest BCUT2D eigenvalue weighted by Crippen LogP contribution is 2.16. The zero-order valence-corrected chi connectivity index (χ0v) is 12.6. The normalized spacial score (nSPS) is 23.4. The molecule has 0 aromatic heterocycles. The highest BCUT2D eigenvalue weighted by atomic mass is 16.2. The SMILES string of the molecule is CCN(CC)C1CCN(C(=O)C(=O)N2CCNCC2)C1. The summed E-state index contributed by atoms with van der Waals surface area (Å²) in [6.07, 6.45) is 0.974. The quantitative estimate of drug-likeness (QED) is 0.700. The van der Waals surface area contributed by atoms with E-state index >= 15 is 0 Å². The van der Waals surface area contributed by atoms with Gasteiger partial charge in [-0.1, -0.05) is 13.8 Å². The molecule has 114 valence electrons. The number of likely N-dealkylation sites (tertiary alicyclic amines) is 1. The summed E-state index contributed by atoms with van der Waals surface area (Å²) in [6, 6.07) is 0.407. The Balaban J connectivity index is 1.88. The van der Waals surface area contributed by atoms with Gasteiger partial charge in [-0.05, 0) is 19.5 Å². The van der Waals surface area contributed by atoms with Crippen molar-refractivity contribution in [2.45, 2.75) is 26.3 Å². The molecule has 0 radical (unpaired) electrons. The molecule has 2 aliphatic heterocycles. The van der Waals surface area contributed by atoms with E-state index in [4.69, 9.17) is 0 Å². The first-order chi connectivity index (χ1) is 9.67. The molecule has 0 aromatic carbocycles. The fraction of sp³-hybridized carbons (Fsp3) is 0.857. The summed E-state index contributed by atoms with van der Waals surface area (Å²) in [4.78, 5) is 30.2. The molecular formula is C14H26N4O2. The van der Waals surface area contributed by atoms with Crippen LogP contribution in [0.1, 0.15) is 20.3 Å². The molecule has 20 heavy (non-hydrogen) atoms. The predicted octanol–water partition coefficient (Wildman–Crippen LogP) is -0.639. The molecule has 0 spiro atoms. The third-order valence-electron chi connectivity index (χ3n) is 4.37. The van der Waals surface area contributed by atoms with Crippen molar-refractivity contribution >= 4 is 11.8 Å². The molecule has 6 heteroatoms. The first-order valence-electron chi connectivity index (χ1n) is 7.70. The van der Waals surface area contributed by atoms with Crippen molar-refractivity contribution < 1.29 is 9.59 Å². The second kappa shape index (κ2) is 7.04. The predicted molar refractivity (Wildman–Crippen MR) is 77.4 cm³/mol. The summed E-state index contributed by atoms with van der Waals surface area (Å²) in [5.74, 6) is -0.645. The lowest BCUT2D eigenvalue weighted by atomic mass is 10.2. The van der Waals surface area contributed by atoms with Gasteiger partial charge in [-0.2, -0.15) is 0 Å². The third kappa shape index (κ3) is 3.30. The van der Waals surface area contributed by atoms with Gasteiger partial charge in [0.2, 0.25) is 0 Å². The maximum absolute atomic E-state index is 12.3. The maximum Gasteiger partial charge on any atom is 0.312 e. The second-order valence-corrected chi connectivity index (χ2v) is 5.46. The average molecular weight is 282 g/mol. The number of hydrogen-bond donors (Lipinski definition) is 1. The van der Waals surface area contributed by atoms with Crippen LogP contribution in [0.3, 0.4) is 0 Å². The number of amides is 2. The Morgan fingerprint density at radius 3 is 2.25 bits per heavy atom. The Morgan fingerprint density at radius 2 is 1.65 bits per heavy atom. The van der Waals surface area contributed by atoms with Crippen LogP contribution in [0.5, 0.6) is 0 Å². The summed E-state index contributed by atoms with van der Waals surface area (Å²) in [5.41, 5.74) is 0. The molecule has 6 nitrogen and oxygen atoms in total. The van der Waals surface area contributed by atoms with E-state index in [9.17, 15) is 9.59 Å². The van der Waals surface area contributed by atoms with Crippen molar-refractivity contribution in [3.8, 4) is 0 Å². The summed E-state index contributed by atoms with van der Waals surface area (Å²) in [5, 5.41) is 3.19. The van der Waals surface area contributed by atoms with E-state index < -0.39 is 0 Å². The minimum atomic E-state index is -0.327. The average Bonchev–Trinajstić information content (AvgIpc) is 2.97. The first-order valence-corrected chi connectivity index (χ1v) is 7.70. The lowest BCUT2D eigenvalue weighted by Gasteiger charge is -2.29. The zero-order valence-electron chi connectivity index (χ0n) is 12.6. The standard InChI is InChI=1S/C14H26N4O2/c1-3-16(4-2)12-5-8-18(11-12)14(20)13(19)17-9-6-15-7-10-17/h12,15H,3-11H2,1-2H3. The van der Waals surface area contributed by atoms with Crippen LogP contribution in [-0.2, 0) is 9.59 Å². The second-order valence-electron chi connectivity index (χ2n) is 5.46. The molecule has 2 aliphatic rings. The highest BCUT2D eigenvalue weighted by Gasteiger charge is 2.34. The molecule has 2 heterocycles. The Morgan fingerprint density at radius 1 is 1.05 bits per heavy atom. The van der Waals surface area contributed by atoms with Gasteiger partial charge in [-0.3, -0.25) is 14.5 Å². The van der Waals surface area contributed by atoms with Crippen molar-refractivity contribution in [1.82, 2.24) is 20.0 Å². The number of likely N-dealkylation sites (N-methyl/N-ethyl adjacent to an activating group) is 1. The van der Waals surface area contributed by atoms with E-state index in [0.29, 0.717) is 32.2 Å². The lowest BCUT2D eigenvalue weighted by molar-refractivity contribution is -0.151. The minimum Gasteiger partial charge on any atom is -0.333 e. The van der Waals surface area contributed by atoms with Crippen LogP contribution in [0, 0.1) is 0 Å². The number of piperazine rings is 1. The number of carbonyl (C=O) groups is 2. The number of nitrogens with zero attached hydrogens (tertiary/aromatic N) is 3. The molecule has 1 atom stereocenters. The number of rotatable bonds is 3. The van der Waals surface area contributed by atoms with Gasteiger partial charge in [-0.15, -0.1) is 0 Å². The van der Waals surface area contributed by atoms with E-state index in [1.165, 1.54) is 0 Å². The fourth-order valence-electron chi connectivity index (χ4n) is 3.10. The van der Waals surface area contributed by atoms with Gasteiger partial charge in [0.25, 0.3) is 0 Å². The van der Waals surface area contributed by atoms with Crippen molar-refractivity contribution in [1.29, 1.82) is 0 Å². The molecule has 2 rings (SSSR count). The van der Waals surface area contributed by atoms with Gasteiger partial charge >= 0.3 is 11.8 Å². The van der Waals surface area contributed by atoms with Crippen molar-refractivity contribution in [2.75, 3.05) is 52.4 Å². The number of hydrogen-bond acceptors (Lipinski definition) is 4. The van der Waals surface area contributed by atoms with E-state index in [-0.39, 0.29) is 11.8 Å². The summed E-state index contributed by atoms with van der Waals surface area (Å²) in [7, 11) is 0. The van der Waals surface area contributed by atoms with Crippen molar-refractivity contribution in [3.63, 3.8) is 0 Å². The molecule has 1 N–H and O–H groups in total. The molecule has 1 unspecified atom stereocenters. The van der Waals surface area contributed by atoms with Crippen molar-refractivity contribution in [2.24, 2.45) is 0 Å². The largest absolute Gasteiger partial charge is 0.333 e. The Hall–Kier alpha value is -1.14. The van der Waals surface area contributed by atoms with Crippen LogP contribution < -0.4 is 5.32 Å². The number of carbonyl (C=O) groups excluding carboxylic acids is 2. The van der Waals surface area contributed by atoms with Gasteiger partial charge in [0.05, 0.1) is 0 Å². The van der Waals surface area contributed by atoms with Gasteiger partial charge < -0.3 is 15.1 Å². The zero-order chi connectivity index (χ0) is 14.5. The fourth-order valence-corrected chi connectivity index (χ4v) is 3.10. The summed E-state index contributed by atoms with van der Waals surface area (Å²) >= 11 is 0. The molecule has 2 fully saturated rings. The van der Waals surface area contributed by atoms with E-state index in [2.05, 4.69) is 24.1 Å². The van der Waals surface area contributed by atoms with Gasteiger partial charge in [0.15, 0.2) is 0 Å². The van der Waals surface area contributed by atoms with Gasteiger partial charge in [-0.25, -0.2) is 0 Å². The van der Waals surface area contributed by atoms with Gasteiger partial charge in [0.1, 0.15) is 0 Å². The molecule has 2 saturated heterocycles. The molecular weight excluding hydrogens is 256 g/mol. The lowest BCUT2D eigenvalue weighted by Crippen LogP contribution is -2.52. The Bertz CT molecular complexity index is 351. The van der Waals surface area contributed by atoms with E-state index in [1.54, 1.807) is 9.80 Å². The minimum absolute atomic E-state index is 0.318. The van der Waals surface area contributed by atoms with E-state index in [0.717, 1.165) is 32.6 Å². The monoisotopic (exact) mass is 282 g/mol. The molecule has 0 aromatic rings. The first kappa shape index (κ1) is 15.3. The van der Waals surface area contributed by atoms with Crippen LogP contribution in [0.25, 0.3) is 0 Å². The third-order valence-corrected chi connectivity index (χ3v) is 4.37. The summed E-state index contributed by atoms with van der Waals surface area (Å²) < 4.78 is 0.